The molecular formula is C12H9ClN2O3S. The Morgan fingerprint density at radius 1 is 1.21 bits per heavy atom. The lowest BCUT2D eigenvalue weighted by atomic mass is 10.3. The molecule has 0 bridgehead atoms. The molecule has 19 heavy (non-hydrogen) atoms. The lowest BCUT2D eigenvalue weighted by Crippen LogP contribution is -2.05. The Labute approximate surface area is 115 Å². The molecule has 1 heterocycles. The van der Waals surface area contributed by atoms with Gasteiger partial charge in [0.2, 0.25) is 9.84 Å². The Bertz CT molecular complexity index is 712. The molecule has 0 fully saturated rings. The van der Waals surface area contributed by atoms with Gasteiger partial charge in [0, 0.05) is 16.8 Å². The molecule has 5 nitrogen and oxygen atoms in total. The van der Waals surface area contributed by atoms with E-state index < -0.39 is 9.84 Å². The predicted molar refractivity (Wildman–Crippen MR) is 70.5 cm³/mol. The number of oxime groups is 1. The molecule has 0 radical (unpaired) electrons. The normalized spacial score (nSPS) is 11.8. The Hall–Kier alpha value is -1.92. The van der Waals surface area contributed by atoms with Crippen LogP contribution in [0.25, 0.3) is 0 Å². The van der Waals surface area contributed by atoms with Crippen molar-refractivity contribution in [2.75, 3.05) is 0 Å². The molecule has 0 saturated heterocycles. The first kappa shape index (κ1) is 13.5. The Morgan fingerprint density at radius 2 is 1.89 bits per heavy atom. The summed E-state index contributed by atoms with van der Waals surface area (Å²) in [5.41, 5.74) is 0.435. The maximum Gasteiger partial charge on any atom is 0.223 e. The number of nitrogens with zero attached hydrogens (tertiary/aromatic N) is 2. The highest BCUT2D eigenvalue weighted by molar-refractivity contribution is 7.91. The van der Waals surface area contributed by atoms with Gasteiger partial charge < -0.3 is 5.21 Å². The molecule has 0 aliphatic rings. The van der Waals surface area contributed by atoms with E-state index in [2.05, 4.69) is 10.1 Å². The zero-order chi connectivity index (χ0) is 13.9. The van der Waals surface area contributed by atoms with E-state index in [-0.39, 0.29) is 9.92 Å². The summed E-state index contributed by atoms with van der Waals surface area (Å²) < 4.78 is 24.6. The van der Waals surface area contributed by atoms with Gasteiger partial charge in [-0.05, 0) is 36.4 Å². The van der Waals surface area contributed by atoms with Crippen LogP contribution >= 0.6 is 11.6 Å². The van der Waals surface area contributed by atoms with Crippen LogP contribution in [0.2, 0.25) is 5.02 Å². The number of benzene rings is 1. The van der Waals surface area contributed by atoms with E-state index in [4.69, 9.17) is 16.8 Å². The second-order valence-electron chi connectivity index (χ2n) is 3.63. The molecule has 0 atom stereocenters. The minimum absolute atomic E-state index is 0.0995. The van der Waals surface area contributed by atoms with Crippen LogP contribution in [0.4, 0.5) is 0 Å². The smallest absolute Gasteiger partial charge is 0.223 e. The SMILES string of the molecule is O=S(=O)(c1ccc(Cl)cc1)c1cc(C=NO)ccn1. The lowest BCUT2D eigenvalue weighted by Gasteiger charge is -2.04. The zero-order valence-corrected chi connectivity index (χ0v) is 11.1. The van der Waals surface area contributed by atoms with Gasteiger partial charge in [0.25, 0.3) is 0 Å². The topological polar surface area (TPSA) is 79.6 Å². The minimum Gasteiger partial charge on any atom is -0.411 e. The molecule has 1 aromatic heterocycles. The Morgan fingerprint density at radius 3 is 2.53 bits per heavy atom. The van der Waals surface area contributed by atoms with Crippen LogP contribution in [-0.2, 0) is 9.84 Å². The van der Waals surface area contributed by atoms with Crippen LogP contribution in [0.15, 0.2) is 57.7 Å². The highest BCUT2D eigenvalue weighted by Gasteiger charge is 2.19. The molecule has 2 rings (SSSR count). The number of halogens is 1. The summed E-state index contributed by atoms with van der Waals surface area (Å²) in [5.74, 6) is 0. The molecule has 0 saturated carbocycles. The fraction of sp³-hybridized carbons (Fsp3) is 0. The van der Waals surface area contributed by atoms with Gasteiger partial charge in [-0.3, -0.25) is 0 Å². The Balaban J connectivity index is 2.50. The van der Waals surface area contributed by atoms with Crippen LogP contribution in [0.1, 0.15) is 5.56 Å². The van der Waals surface area contributed by atoms with Crippen LogP contribution in [-0.4, -0.2) is 24.8 Å². The second-order valence-corrected chi connectivity index (χ2v) is 5.96. The van der Waals surface area contributed by atoms with E-state index in [1.54, 1.807) is 0 Å². The van der Waals surface area contributed by atoms with Crippen LogP contribution in [0, 0.1) is 0 Å². The molecule has 1 aromatic carbocycles. The average molecular weight is 297 g/mol. The van der Waals surface area contributed by atoms with Crippen molar-refractivity contribution in [3.8, 4) is 0 Å². The summed E-state index contributed by atoms with van der Waals surface area (Å²) in [6.07, 6.45) is 2.46. The molecule has 0 aliphatic carbocycles. The van der Waals surface area contributed by atoms with E-state index in [9.17, 15) is 8.42 Å². The summed E-state index contributed by atoms with van der Waals surface area (Å²) in [5, 5.41) is 11.6. The van der Waals surface area contributed by atoms with E-state index in [0.29, 0.717) is 10.6 Å². The third-order valence-electron chi connectivity index (χ3n) is 2.36. The van der Waals surface area contributed by atoms with Crippen molar-refractivity contribution in [2.24, 2.45) is 5.16 Å². The van der Waals surface area contributed by atoms with Crippen molar-refractivity contribution in [1.29, 1.82) is 0 Å². The fourth-order valence-corrected chi connectivity index (χ4v) is 2.81. The molecule has 0 amide bonds. The number of pyridine rings is 1. The highest BCUT2D eigenvalue weighted by Crippen LogP contribution is 2.21. The number of aromatic nitrogens is 1. The van der Waals surface area contributed by atoms with E-state index in [1.807, 2.05) is 0 Å². The van der Waals surface area contributed by atoms with Gasteiger partial charge in [0.05, 0.1) is 11.1 Å². The van der Waals surface area contributed by atoms with Crippen molar-refractivity contribution >= 4 is 27.7 Å². The Kier molecular flexibility index (Phi) is 3.82. The van der Waals surface area contributed by atoms with Gasteiger partial charge >= 0.3 is 0 Å². The van der Waals surface area contributed by atoms with Crippen LogP contribution < -0.4 is 0 Å². The van der Waals surface area contributed by atoms with Crippen molar-refractivity contribution in [1.82, 2.24) is 4.98 Å². The van der Waals surface area contributed by atoms with Crippen molar-refractivity contribution in [3.63, 3.8) is 0 Å². The summed E-state index contributed by atoms with van der Waals surface area (Å²) in [7, 11) is -3.71. The third kappa shape index (κ3) is 2.91. The summed E-state index contributed by atoms with van der Waals surface area (Å²) in [4.78, 5) is 3.93. The minimum atomic E-state index is -3.71. The highest BCUT2D eigenvalue weighted by atomic mass is 35.5. The molecule has 0 spiro atoms. The van der Waals surface area contributed by atoms with Crippen molar-refractivity contribution < 1.29 is 13.6 Å². The van der Waals surface area contributed by atoms with Crippen LogP contribution in [0.3, 0.4) is 0 Å². The van der Waals surface area contributed by atoms with Gasteiger partial charge in [0.15, 0.2) is 5.03 Å². The number of hydrogen-bond acceptors (Lipinski definition) is 5. The standard InChI is InChI=1S/C12H9ClN2O3S/c13-10-1-3-11(4-2-10)19(17,18)12-7-9(8-15-16)5-6-14-12/h1-8,16H. The van der Waals surface area contributed by atoms with Crippen molar-refractivity contribution in [3.05, 3.63) is 53.2 Å². The quantitative estimate of drug-likeness (QED) is 0.536. The van der Waals surface area contributed by atoms with Crippen LogP contribution in [0.5, 0.6) is 0 Å². The maximum atomic E-state index is 12.3. The fourth-order valence-electron chi connectivity index (χ4n) is 1.45. The van der Waals surface area contributed by atoms with Gasteiger partial charge in [-0.15, -0.1) is 0 Å². The van der Waals surface area contributed by atoms with Gasteiger partial charge in [0.1, 0.15) is 0 Å². The van der Waals surface area contributed by atoms with E-state index in [0.717, 1.165) is 6.21 Å². The first-order chi connectivity index (χ1) is 9.04. The van der Waals surface area contributed by atoms with E-state index >= 15 is 0 Å². The first-order valence-corrected chi connectivity index (χ1v) is 7.04. The van der Waals surface area contributed by atoms with Crippen molar-refractivity contribution in [2.45, 2.75) is 9.92 Å². The summed E-state index contributed by atoms with van der Waals surface area (Å²) >= 11 is 5.72. The number of hydrogen-bond donors (Lipinski definition) is 1. The molecular weight excluding hydrogens is 288 g/mol. The van der Waals surface area contributed by atoms with Gasteiger partial charge in [-0.2, -0.15) is 0 Å². The summed E-state index contributed by atoms with van der Waals surface area (Å²) in [6, 6.07) is 8.66. The molecule has 7 heteroatoms. The average Bonchev–Trinajstić information content (AvgIpc) is 2.40. The monoisotopic (exact) mass is 296 g/mol. The molecule has 1 N–H and O–H groups in total. The zero-order valence-electron chi connectivity index (χ0n) is 9.56. The third-order valence-corrected chi connectivity index (χ3v) is 4.28. The second kappa shape index (κ2) is 5.38. The molecule has 0 unspecified atom stereocenters. The van der Waals surface area contributed by atoms with E-state index in [1.165, 1.54) is 42.6 Å². The maximum absolute atomic E-state index is 12.3. The number of sulfone groups is 1. The van der Waals surface area contributed by atoms with Gasteiger partial charge in [-0.1, -0.05) is 16.8 Å². The lowest BCUT2D eigenvalue weighted by molar-refractivity contribution is 0.322. The summed E-state index contributed by atoms with van der Waals surface area (Å²) in [6.45, 7) is 0. The number of rotatable bonds is 3. The largest absolute Gasteiger partial charge is 0.411 e. The predicted octanol–water partition coefficient (Wildman–Crippen LogP) is 2.38. The first-order valence-electron chi connectivity index (χ1n) is 5.18. The molecule has 98 valence electrons. The molecule has 2 aromatic rings. The van der Waals surface area contributed by atoms with Gasteiger partial charge in [-0.25, -0.2) is 13.4 Å². The molecule has 0 aliphatic heterocycles.